The van der Waals surface area contributed by atoms with Crippen LogP contribution in [0.3, 0.4) is 0 Å². The predicted molar refractivity (Wildman–Crippen MR) is 184 cm³/mol. The number of aryl methyl sites for hydroxylation is 1. The van der Waals surface area contributed by atoms with Crippen LogP contribution >= 0.6 is 0 Å². The van der Waals surface area contributed by atoms with E-state index in [1.165, 1.54) is 5.56 Å². The van der Waals surface area contributed by atoms with Crippen LogP contribution in [-0.2, 0) is 24.2 Å². The summed E-state index contributed by atoms with van der Waals surface area (Å²) >= 11 is 0. The number of rotatable bonds is 7. The minimum Gasteiger partial charge on any atom is -0.496 e. The third kappa shape index (κ3) is 5.85. The lowest BCUT2D eigenvalue weighted by molar-refractivity contribution is -0.0249. The van der Waals surface area contributed by atoms with E-state index in [1.54, 1.807) is 7.11 Å². The number of ether oxygens (including phenoxy) is 5. The molecule has 1 N–H and O–H groups in total. The Morgan fingerprint density at radius 3 is 2.35 bits per heavy atom. The lowest BCUT2D eigenvalue weighted by Gasteiger charge is -2.52. The standard InChI is InChI=1S/C39H50N2O7/c1-10-29-32-28(35(24(4)36-37(32)47-21-46-36)45-20-25-14-12-11-13-15-25)18-30(41(29)38(43)48-39(5,6)7)33-31-23(3)34(44-9)22(2)16-26(31)17-27(19-42)40(33)8/h11-16,27,29-30,33,42H,10,17-21H2,1-9H3/t27?,29-,30-,33-/m0/s1. The van der Waals surface area contributed by atoms with Gasteiger partial charge in [0.25, 0.3) is 0 Å². The smallest absolute Gasteiger partial charge is 0.411 e. The van der Waals surface area contributed by atoms with Crippen LogP contribution in [0.25, 0.3) is 0 Å². The number of carbonyl (C=O) groups excluding carboxylic acids is 1. The Bertz CT molecular complexity index is 1680. The highest BCUT2D eigenvalue weighted by atomic mass is 16.7. The summed E-state index contributed by atoms with van der Waals surface area (Å²) in [4.78, 5) is 18.7. The second-order valence-corrected chi connectivity index (χ2v) is 14.3. The molecule has 1 amide bonds. The Kier molecular flexibility index (Phi) is 9.30. The molecular formula is C39H50N2O7. The van der Waals surface area contributed by atoms with Gasteiger partial charge in [0.05, 0.1) is 31.8 Å². The minimum absolute atomic E-state index is 0.00720. The second-order valence-electron chi connectivity index (χ2n) is 14.3. The largest absolute Gasteiger partial charge is 0.496 e. The van der Waals surface area contributed by atoms with E-state index in [2.05, 4.69) is 50.9 Å². The number of amides is 1. The zero-order valence-electron chi connectivity index (χ0n) is 29.8. The van der Waals surface area contributed by atoms with Crippen molar-refractivity contribution in [2.24, 2.45) is 0 Å². The van der Waals surface area contributed by atoms with Gasteiger partial charge in [-0.15, -0.1) is 0 Å². The zero-order valence-corrected chi connectivity index (χ0v) is 29.8. The fourth-order valence-corrected chi connectivity index (χ4v) is 8.19. The first kappa shape index (κ1) is 33.9. The first-order chi connectivity index (χ1) is 22.9. The van der Waals surface area contributed by atoms with Crippen molar-refractivity contribution >= 4 is 6.09 Å². The molecule has 4 atom stereocenters. The maximum absolute atomic E-state index is 14.5. The molecule has 0 aliphatic carbocycles. The van der Waals surface area contributed by atoms with Crippen LogP contribution in [0.15, 0.2) is 36.4 Å². The van der Waals surface area contributed by atoms with E-state index in [0.717, 1.165) is 50.4 Å². The van der Waals surface area contributed by atoms with E-state index in [0.29, 0.717) is 37.4 Å². The molecule has 3 aromatic carbocycles. The predicted octanol–water partition coefficient (Wildman–Crippen LogP) is 7.13. The van der Waals surface area contributed by atoms with E-state index in [-0.39, 0.29) is 43.7 Å². The molecule has 0 fully saturated rings. The normalized spacial score (nSPS) is 21.8. The van der Waals surface area contributed by atoms with Crippen molar-refractivity contribution in [1.29, 1.82) is 0 Å². The topological polar surface area (TPSA) is 89.9 Å². The highest BCUT2D eigenvalue weighted by Crippen LogP contribution is 2.56. The highest BCUT2D eigenvalue weighted by molar-refractivity contribution is 5.73. The first-order valence-electron chi connectivity index (χ1n) is 17.0. The summed E-state index contributed by atoms with van der Waals surface area (Å²) in [6.07, 6.45) is 1.40. The molecule has 0 saturated carbocycles. The van der Waals surface area contributed by atoms with Crippen molar-refractivity contribution in [3.8, 4) is 23.0 Å². The molecule has 6 rings (SSSR count). The lowest BCUT2D eigenvalue weighted by Crippen LogP contribution is -2.57. The van der Waals surface area contributed by atoms with Crippen molar-refractivity contribution in [3.63, 3.8) is 0 Å². The Balaban J connectivity index is 1.59. The van der Waals surface area contributed by atoms with Crippen molar-refractivity contribution in [1.82, 2.24) is 9.80 Å². The number of benzene rings is 3. The van der Waals surface area contributed by atoms with Gasteiger partial charge < -0.3 is 28.8 Å². The Morgan fingerprint density at radius 1 is 1.00 bits per heavy atom. The average molecular weight is 659 g/mol. The fraction of sp³-hybridized carbons (Fsp3) is 0.513. The van der Waals surface area contributed by atoms with Gasteiger partial charge in [-0.3, -0.25) is 9.80 Å². The summed E-state index contributed by atoms with van der Waals surface area (Å²) in [6.45, 7) is 14.5. The van der Waals surface area contributed by atoms with Crippen molar-refractivity contribution in [2.45, 2.75) is 104 Å². The molecule has 0 spiro atoms. The zero-order chi connectivity index (χ0) is 34.5. The van der Waals surface area contributed by atoms with Crippen LogP contribution in [0.4, 0.5) is 4.79 Å². The quantitative estimate of drug-likeness (QED) is 0.287. The van der Waals surface area contributed by atoms with Gasteiger partial charge in [-0.05, 0) is 95.7 Å². The van der Waals surface area contributed by atoms with Crippen LogP contribution in [-0.4, -0.2) is 66.2 Å². The first-order valence-corrected chi connectivity index (χ1v) is 17.0. The number of methoxy groups -OCH3 is 1. The molecule has 1 unspecified atom stereocenters. The van der Waals surface area contributed by atoms with Crippen LogP contribution in [0.1, 0.15) is 90.7 Å². The van der Waals surface area contributed by atoms with Gasteiger partial charge in [0.2, 0.25) is 6.79 Å². The molecule has 9 heteroatoms. The maximum atomic E-state index is 14.5. The Morgan fingerprint density at radius 2 is 1.71 bits per heavy atom. The van der Waals surface area contributed by atoms with Gasteiger partial charge in [-0.25, -0.2) is 4.79 Å². The summed E-state index contributed by atoms with van der Waals surface area (Å²) in [5.74, 6) is 2.94. The molecule has 0 aromatic heterocycles. The average Bonchev–Trinajstić information content (AvgIpc) is 3.54. The number of aliphatic hydroxyl groups excluding tert-OH is 1. The third-order valence-corrected chi connectivity index (χ3v) is 10.2. The van der Waals surface area contributed by atoms with Gasteiger partial charge >= 0.3 is 6.09 Å². The SMILES string of the molecule is CC[C@H]1c2c(c(OCc3ccccc3)c(C)c3c2OCO3)C[C@@H]([C@H]2c3c(cc(C)c(OC)c3C)CC(CO)N2C)N1C(=O)OC(C)(C)C. The van der Waals surface area contributed by atoms with Gasteiger partial charge in [-0.1, -0.05) is 43.3 Å². The van der Waals surface area contributed by atoms with Gasteiger partial charge in [-0.2, -0.15) is 0 Å². The minimum atomic E-state index is -0.709. The van der Waals surface area contributed by atoms with Gasteiger partial charge in [0.1, 0.15) is 23.7 Å². The number of carbonyl (C=O) groups is 1. The van der Waals surface area contributed by atoms with Crippen molar-refractivity contribution in [3.05, 3.63) is 80.9 Å². The van der Waals surface area contributed by atoms with Crippen LogP contribution in [0.2, 0.25) is 0 Å². The van der Waals surface area contributed by atoms with Gasteiger partial charge in [0.15, 0.2) is 11.5 Å². The van der Waals surface area contributed by atoms with E-state index >= 15 is 0 Å². The summed E-state index contributed by atoms with van der Waals surface area (Å²) in [6, 6.07) is 11.1. The second kappa shape index (κ2) is 13.2. The molecule has 258 valence electrons. The number of hydrogen-bond acceptors (Lipinski definition) is 8. The Hall–Kier alpha value is -3.95. The monoisotopic (exact) mass is 658 g/mol. The molecule has 0 radical (unpaired) electrons. The molecule has 9 nitrogen and oxygen atoms in total. The molecular weight excluding hydrogens is 608 g/mol. The lowest BCUT2D eigenvalue weighted by atomic mass is 9.75. The Labute approximate surface area is 284 Å². The molecule has 0 bridgehead atoms. The van der Waals surface area contributed by atoms with E-state index in [4.69, 9.17) is 23.7 Å². The number of hydrogen-bond donors (Lipinski definition) is 1. The van der Waals surface area contributed by atoms with E-state index in [1.807, 2.05) is 50.8 Å². The van der Waals surface area contributed by atoms with Crippen LogP contribution in [0.5, 0.6) is 23.0 Å². The molecule has 3 aliphatic heterocycles. The van der Waals surface area contributed by atoms with Gasteiger partial charge in [0, 0.05) is 22.7 Å². The highest BCUT2D eigenvalue weighted by Gasteiger charge is 2.50. The molecule has 3 heterocycles. The molecule has 0 saturated heterocycles. The van der Waals surface area contributed by atoms with E-state index in [9.17, 15) is 9.90 Å². The van der Waals surface area contributed by atoms with Crippen LogP contribution < -0.4 is 18.9 Å². The van der Waals surface area contributed by atoms with Crippen LogP contribution in [0, 0.1) is 20.8 Å². The summed E-state index contributed by atoms with van der Waals surface area (Å²) in [5.41, 5.74) is 7.56. The fourth-order valence-electron chi connectivity index (χ4n) is 8.19. The summed E-state index contributed by atoms with van der Waals surface area (Å²) in [7, 11) is 3.76. The van der Waals surface area contributed by atoms with Crippen molar-refractivity contribution in [2.75, 3.05) is 27.6 Å². The van der Waals surface area contributed by atoms with E-state index < -0.39 is 5.60 Å². The molecule has 3 aliphatic rings. The van der Waals surface area contributed by atoms with Crippen molar-refractivity contribution < 1.29 is 33.6 Å². The summed E-state index contributed by atoms with van der Waals surface area (Å²) < 4.78 is 31.1. The molecule has 48 heavy (non-hydrogen) atoms. The number of fused-ring (bicyclic) bond motifs is 4. The molecule has 3 aromatic rings. The third-order valence-electron chi connectivity index (χ3n) is 10.2. The number of aliphatic hydroxyl groups is 1. The number of nitrogens with zero attached hydrogens (tertiary/aromatic N) is 2. The number of likely N-dealkylation sites (N-methyl/N-ethyl adjacent to an activating group) is 1. The maximum Gasteiger partial charge on any atom is 0.411 e. The summed E-state index contributed by atoms with van der Waals surface area (Å²) in [5, 5.41) is 10.7.